The summed E-state index contributed by atoms with van der Waals surface area (Å²) in [6.07, 6.45) is 0. The highest BCUT2D eigenvalue weighted by atomic mass is 32.1. The number of aromatic carboxylic acids is 1. The van der Waals surface area contributed by atoms with Gasteiger partial charge < -0.3 is 10.4 Å². The number of hydrogen-bond donors (Lipinski definition) is 2. The maximum absolute atomic E-state index is 12.0. The lowest BCUT2D eigenvalue weighted by Gasteiger charge is -2.02. The van der Waals surface area contributed by atoms with E-state index in [0.717, 1.165) is 17.4 Å². The molecule has 0 spiro atoms. The van der Waals surface area contributed by atoms with E-state index in [-0.39, 0.29) is 16.1 Å². The van der Waals surface area contributed by atoms with Crippen LogP contribution in [-0.4, -0.2) is 21.9 Å². The van der Waals surface area contributed by atoms with Gasteiger partial charge in [-0.05, 0) is 24.6 Å². The largest absolute Gasteiger partial charge is 0.477 e. The predicted octanol–water partition coefficient (Wildman–Crippen LogP) is 2.92. The van der Waals surface area contributed by atoms with Gasteiger partial charge in [-0.15, -0.1) is 11.3 Å². The Bertz CT molecular complexity index is 738. The monoisotopic (exact) mass is 306 g/mol. The first kappa shape index (κ1) is 14.7. The highest BCUT2D eigenvalue weighted by Gasteiger charge is 2.16. The van der Waals surface area contributed by atoms with E-state index in [1.165, 1.54) is 18.2 Å². The van der Waals surface area contributed by atoms with E-state index in [4.69, 9.17) is 5.11 Å². The van der Waals surface area contributed by atoms with Crippen LogP contribution in [0.2, 0.25) is 0 Å². The molecule has 7 nitrogen and oxygen atoms in total. The minimum Gasteiger partial charge on any atom is -0.477 e. The van der Waals surface area contributed by atoms with Crippen LogP contribution in [0, 0.1) is 17.0 Å². The zero-order valence-corrected chi connectivity index (χ0v) is 11.6. The average Bonchev–Trinajstić information content (AvgIpc) is 2.79. The first-order chi connectivity index (χ1) is 9.88. The minimum absolute atomic E-state index is 0.132. The zero-order chi connectivity index (χ0) is 15.6. The molecule has 0 atom stereocenters. The summed E-state index contributed by atoms with van der Waals surface area (Å²) < 4.78 is 0. The van der Waals surface area contributed by atoms with Crippen molar-refractivity contribution in [3.05, 3.63) is 56.5 Å². The van der Waals surface area contributed by atoms with Crippen LogP contribution in [0.4, 0.5) is 10.7 Å². The number of nitrogens with one attached hydrogen (secondary N) is 1. The van der Waals surface area contributed by atoms with Crippen LogP contribution >= 0.6 is 11.3 Å². The molecule has 108 valence electrons. The molecule has 2 N–H and O–H groups in total. The molecule has 0 fully saturated rings. The molecule has 0 aliphatic carbocycles. The van der Waals surface area contributed by atoms with Crippen LogP contribution in [0.25, 0.3) is 0 Å². The van der Waals surface area contributed by atoms with Crippen LogP contribution in [-0.2, 0) is 0 Å². The predicted molar refractivity (Wildman–Crippen MR) is 77.1 cm³/mol. The number of carbonyl (C=O) groups excluding carboxylic acids is 1. The quantitative estimate of drug-likeness (QED) is 0.666. The summed E-state index contributed by atoms with van der Waals surface area (Å²) in [6.45, 7) is 1.63. The van der Waals surface area contributed by atoms with Gasteiger partial charge in [0.1, 0.15) is 4.88 Å². The Hall–Kier alpha value is -2.74. The molecule has 1 aromatic heterocycles. The van der Waals surface area contributed by atoms with Crippen molar-refractivity contribution in [1.82, 2.24) is 0 Å². The molecule has 1 amide bonds. The molecule has 0 radical (unpaired) electrons. The molecule has 1 heterocycles. The molecule has 0 saturated heterocycles. The number of aryl methyl sites for hydroxylation is 1. The summed E-state index contributed by atoms with van der Waals surface area (Å²) in [7, 11) is 0. The SMILES string of the molecule is Cc1cc(NC(=O)c2cccc([N+](=O)[O-])c2)sc1C(=O)O. The van der Waals surface area contributed by atoms with Gasteiger partial charge >= 0.3 is 5.97 Å². The fourth-order valence-electron chi connectivity index (χ4n) is 1.70. The van der Waals surface area contributed by atoms with Crippen molar-refractivity contribution >= 4 is 33.9 Å². The fourth-order valence-corrected chi connectivity index (χ4v) is 2.61. The summed E-state index contributed by atoms with van der Waals surface area (Å²) in [5.41, 5.74) is 0.491. The highest BCUT2D eigenvalue weighted by molar-refractivity contribution is 7.18. The summed E-state index contributed by atoms with van der Waals surface area (Å²) >= 11 is 0.936. The van der Waals surface area contributed by atoms with Gasteiger partial charge in [-0.2, -0.15) is 0 Å². The number of carbonyl (C=O) groups is 2. The Morgan fingerprint density at radius 3 is 2.62 bits per heavy atom. The average molecular weight is 306 g/mol. The van der Waals surface area contributed by atoms with Gasteiger partial charge in [-0.3, -0.25) is 14.9 Å². The number of rotatable bonds is 4. The van der Waals surface area contributed by atoms with Crippen molar-refractivity contribution in [2.75, 3.05) is 5.32 Å². The Labute approximate surface area is 123 Å². The number of hydrogen-bond acceptors (Lipinski definition) is 5. The summed E-state index contributed by atoms with van der Waals surface area (Å²) in [6, 6.07) is 6.85. The second-order valence-corrected chi connectivity index (χ2v) is 5.24. The van der Waals surface area contributed by atoms with Crippen molar-refractivity contribution in [2.45, 2.75) is 6.92 Å². The van der Waals surface area contributed by atoms with Gasteiger partial charge in [-0.25, -0.2) is 4.79 Å². The fraction of sp³-hybridized carbons (Fsp3) is 0.0769. The third kappa shape index (κ3) is 3.23. The lowest BCUT2D eigenvalue weighted by atomic mass is 10.2. The van der Waals surface area contributed by atoms with Crippen LogP contribution in [0.5, 0.6) is 0 Å². The molecule has 1 aromatic carbocycles. The molecule has 2 rings (SSSR count). The zero-order valence-electron chi connectivity index (χ0n) is 10.8. The smallest absolute Gasteiger partial charge is 0.346 e. The Kier molecular flexibility index (Phi) is 3.99. The van der Waals surface area contributed by atoms with E-state index in [2.05, 4.69) is 5.32 Å². The standard InChI is InChI=1S/C13H10N2O5S/c1-7-5-10(21-11(7)13(17)18)14-12(16)8-3-2-4-9(6-8)15(19)20/h2-6H,1H3,(H,14,16)(H,17,18). The highest BCUT2D eigenvalue weighted by Crippen LogP contribution is 2.27. The maximum atomic E-state index is 12.0. The molecule has 21 heavy (non-hydrogen) atoms. The van der Waals surface area contributed by atoms with E-state index in [0.29, 0.717) is 10.6 Å². The number of amides is 1. The molecular formula is C13H10N2O5S. The van der Waals surface area contributed by atoms with Gasteiger partial charge in [-0.1, -0.05) is 6.07 Å². The van der Waals surface area contributed by atoms with Crippen LogP contribution in [0.3, 0.4) is 0 Å². The normalized spacial score (nSPS) is 10.1. The first-order valence-electron chi connectivity index (χ1n) is 5.78. The summed E-state index contributed by atoms with van der Waals surface area (Å²) in [5, 5.41) is 22.5. The number of nitrogens with zero attached hydrogens (tertiary/aromatic N) is 1. The van der Waals surface area contributed by atoms with Crippen molar-refractivity contribution < 1.29 is 19.6 Å². The van der Waals surface area contributed by atoms with Crippen LogP contribution < -0.4 is 5.32 Å². The van der Waals surface area contributed by atoms with E-state index in [1.807, 2.05) is 0 Å². The third-order valence-corrected chi connectivity index (χ3v) is 3.81. The van der Waals surface area contributed by atoms with Crippen molar-refractivity contribution in [3.8, 4) is 0 Å². The molecule has 8 heteroatoms. The number of nitro groups is 1. The molecule has 0 aliphatic heterocycles. The second-order valence-electron chi connectivity index (χ2n) is 4.19. The molecule has 2 aromatic rings. The number of carboxylic acids is 1. The maximum Gasteiger partial charge on any atom is 0.346 e. The van der Waals surface area contributed by atoms with Gasteiger partial charge in [0.05, 0.1) is 9.92 Å². The Morgan fingerprint density at radius 1 is 1.33 bits per heavy atom. The Morgan fingerprint density at radius 2 is 2.05 bits per heavy atom. The van der Waals surface area contributed by atoms with Gasteiger partial charge in [0.2, 0.25) is 0 Å². The van der Waals surface area contributed by atoms with E-state index in [9.17, 15) is 19.7 Å². The number of benzene rings is 1. The molecule has 0 unspecified atom stereocenters. The summed E-state index contributed by atoms with van der Waals surface area (Å²) in [4.78, 5) is 33.2. The first-order valence-corrected chi connectivity index (χ1v) is 6.59. The Balaban J connectivity index is 2.22. The topological polar surface area (TPSA) is 110 Å². The number of non-ortho nitro benzene ring substituents is 1. The molecular weight excluding hydrogens is 296 g/mol. The van der Waals surface area contributed by atoms with E-state index >= 15 is 0 Å². The lowest BCUT2D eigenvalue weighted by molar-refractivity contribution is -0.384. The van der Waals surface area contributed by atoms with Crippen LogP contribution in [0.1, 0.15) is 25.6 Å². The number of thiophene rings is 1. The lowest BCUT2D eigenvalue weighted by Crippen LogP contribution is -2.11. The van der Waals surface area contributed by atoms with Gasteiger partial charge in [0, 0.05) is 17.7 Å². The van der Waals surface area contributed by atoms with E-state index in [1.54, 1.807) is 13.0 Å². The molecule has 0 aliphatic rings. The summed E-state index contributed by atoms with van der Waals surface area (Å²) in [5.74, 6) is -1.59. The second kappa shape index (κ2) is 5.71. The number of carboxylic acid groups (broad SMARTS) is 1. The molecule has 0 saturated carbocycles. The van der Waals surface area contributed by atoms with E-state index < -0.39 is 16.8 Å². The number of nitro benzene ring substituents is 1. The van der Waals surface area contributed by atoms with Crippen molar-refractivity contribution in [1.29, 1.82) is 0 Å². The van der Waals surface area contributed by atoms with Crippen LogP contribution in [0.15, 0.2) is 30.3 Å². The van der Waals surface area contributed by atoms with Crippen molar-refractivity contribution in [3.63, 3.8) is 0 Å². The third-order valence-electron chi connectivity index (χ3n) is 2.67. The minimum atomic E-state index is -1.06. The number of anilines is 1. The van der Waals surface area contributed by atoms with Gasteiger partial charge in [0.15, 0.2) is 0 Å². The molecule has 0 bridgehead atoms. The van der Waals surface area contributed by atoms with Gasteiger partial charge in [0.25, 0.3) is 11.6 Å². The van der Waals surface area contributed by atoms with Crippen molar-refractivity contribution in [2.24, 2.45) is 0 Å².